The minimum absolute atomic E-state index is 0.422. The molecule has 13 heavy (non-hydrogen) atoms. The standard InChI is InChI=1S/C11H26N2/c1-10(11(2,3)4)9-12-7-8-13(5)6/h10,12H,7-9H2,1-6H3. The van der Waals surface area contributed by atoms with E-state index in [1.807, 2.05) is 0 Å². The van der Waals surface area contributed by atoms with Gasteiger partial charge in [-0.2, -0.15) is 0 Å². The summed E-state index contributed by atoms with van der Waals surface area (Å²) < 4.78 is 0. The van der Waals surface area contributed by atoms with Gasteiger partial charge in [-0.05, 0) is 32.0 Å². The van der Waals surface area contributed by atoms with E-state index >= 15 is 0 Å². The van der Waals surface area contributed by atoms with Crippen LogP contribution in [-0.4, -0.2) is 38.6 Å². The second kappa shape index (κ2) is 5.61. The number of rotatable bonds is 5. The second-order valence-corrected chi connectivity index (χ2v) is 5.27. The van der Waals surface area contributed by atoms with E-state index < -0.39 is 0 Å². The molecule has 0 aliphatic carbocycles. The van der Waals surface area contributed by atoms with E-state index in [2.05, 4.69) is 52.0 Å². The van der Waals surface area contributed by atoms with Gasteiger partial charge in [0.05, 0.1) is 0 Å². The SMILES string of the molecule is CC(CNCCN(C)C)C(C)(C)C. The molecular formula is C11H26N2. The fourth-order valence-electron chi connectivity index (χ4n) is 0.927. The van der Waals surface area contributed by atoms with E-state index in [4.69, 9.17) is 0 Å². The lowest BCUT2D eigenvalue weighted by Gasteiger charge is -2.27. The summed E-state index contributed by atoms with van der Waals surface area (Å²) in [6, 6.07) is 0. The predicted molar refractivity (Wildman–Crippen MR) is 60.0 cm³/mol. The van der Waals surface area contributed by atoms with Gasteiger partial charge in [0, 0.05) is 13.1 Å². The van der Waals surface area contributed by atoms with E-state index in [1.54, 1.807) is 0 Å². The van der Waals surface area contributed by atoms with Gasteiger partial charge in [-0.3, -0.25) is 0 Å². The summed E-state index contributed by atoms with van der Waals surface area (Å²) >= 11 is 0. The molecule has 0 aliphatic rings. The van der Waals surface area contributed by atoms with Crippen LogP contribution in [0.5, 0.6) is 0 Å². The van der Waals surface area contributed by atoms with Gasteiger partial charge < -0.3 is 10.2 Å². The minimum Gasteiger partial charge on any atom is -0.315 e. The van der Waals surface area contributed by atoms with Gasteiger partial charge in [0.2, 0.25) is 0 Å². The molecular weight excluding hydrogens is 160 g/mol. The normalized spacial score (nSPS) is 15.0. The summed E-state index contributed by atoms with van der Waals surface area (Å²) in [5, 5.41) is 3.48. The summed E-state index contributed by atoms with van der Waals surface area (Å²) in [5.41, 5.74) is 0.422. The van der Waals surface area contributed by atoms with Crippen LogP contribution in [0.15, 0.2) is 0 Å². The quantitative estimate of drug-likeness (QED) is 0.659. The number of nitrogens with zero attached hydrogens (tertiary/aromatic N) is 1. The third-order valence-corrected chi connectivity index (χ3v) is 2.66. The minimum atomic E-state index is 0.422. The van der Waals surface area contributed by atoms with E-state index in [0.717, 1.165) is 25.6 Å². The first-order valence-electron chi connectivity index (χ1n) is 5.19. The lowest BCUT2D eigenvalue weighted by molar-refractivity contribution is 0.250. The number of hydrogen-bond donors (Lipinski definition) is 1. The van der Waals surface area contributed by atoms with Crippen molar-refractivity contribution in [3.8, 4) is 0 Å². The highest BCUT2D eigenvalue weighted by Gasteiger charge is 2.18. The Labute approximate surface area is 83.7 Å². The molecule has 0 spiro atoms. The van der Waals surface area contributed by atoms with Crippen molar-refractivity contribution in [1.82, 2.24) is 10.2 Å². The third kappa shape index (κ3) is 7.03. The second-order valence-electron chi connectivity index (χ2n) is 5.27. The van der Waals surface area contributed by atoms with E-state index in [1.165, 1.54) is 0 Å². The summed E-state index contributed by atoms with van der Waals surface area (Å²) in [4.78, 5) is 2.20. The highest BCUT2D eigenvalue weighted by molar-refractivity contribution is 4.71. The summed E-state index contributed by atoms with van der Waals surface area (Å²) in [7, 11) is 4.21. The Kier molecular flexibility index (Phi) is 5.57. The van der Waals surface area contributed by atoms with Crippen molar-refractivity contribution >= 4 is 0 Å². The molecule has 0 aromatic carbocycles. The molecule has 0 aromatic rings. The van der Waals surface area contributed by atoms with Crippen LogP contribution in [0.4, 0.5) is 0 Å². The average molecular weight is 186 g/mol. The van der Waals surface area contributed by atoms with Crippen LogP contribution in [0.2, 0.25) is 0 Å². The van der Waals surface area contributed by atoms with Crippen LogP contribution < -0.4 is 5.32 Å². The van der Waals surface area contributed by atoms with Gasteiger partial charge in [-0.15, -0.1) is 0 Å². The zero-order chi connectivity index (χ0) is 10.5. The van der Waals surface area contributed by atoms with Crippen molar-refractivity contribution in [2.75, 3.05) is 33.7 Å². The molecule has 0 bridgehead atoms. The van der Waals surface area contributed by atoms with Crippen LogP contribution in [0.3, 0.4) is 0 Å². The van der Waals surface area contributed by atoms with Gasteiger partial charge in [-0.25, -0.2) is 0 Å². The lowest BCUT2D eigenvalue weighted by Crippen LogP contribution is -2.33. The number of likely N-dealkylation sites (N-methyl/N-ethyl adjacent to an activating group) is 1. The van der Waals surface area contributed by atoms with Crippen molar-refractivity contribution in [3.63, 3.8) is 0 Å². The third-order valence-electron chi connectivity index (χ3n) is 2.66. The van der Waals surface area contributed by atoms with Gasteiger partial charge >= 0.3 is 0 Å². The van der Waals surface area contributed by atoms with Crippen molar-refractivity contribution < 1.29 is 0 Å². The topological polar surface area (TPSA) is 15.3 Å². The predicted octanol–water partition coefficient (Wildman–Crippen LogP) is 1.82. The van der Waals surface area contributed by atoms with E-state index in [9.17, 15) is 0 Å². The Morgan fingerprint density at radius 2 is 1.77 bits per heavy atom. The first-order valence-corrected chi connectivity index (χ1v) is 5.19. The summed E-state index contributed by atoms with van der Waals surface area (Å²) in [6.45, 7) is 12.5. The van der Waals surface area contributed by atoms with Crippen LogP contribution in [0.1, 0.15) is 27.7 Å². The highest BCUT2D eigenvalue weighted by Crippen LogP contribution is 2.24. The Balaban J connectivity index is 3.43. The number of nitrogens with one attached hydrogen (secondary N) is 1. The van der Waals surface area contributed by atoms with Crippen molar-refractivity contribution in [2.45, 2.75) is 27.7 Å². The maximum Gasteiger partial charge on any atom is 0.0101 e. The lowest BCUT2D eigenvalue weighted by atomic mass is 9.82. The Morgan fingerprint density at radius 1 is 1.23 bits per heavy atom. The van der Waals surface area contributed by atoms with Gasteiger partial charge in [0.1, 0.15) is 0 Å². The first kappa shape index (κ1) is 12.9. The van der Waals surface area contributed by atoms with E-state index in [-0.39, 0.29) is 0 Å². The van der Waals surface area contributed by atoms with E-state index in [0.29, 0.717) is 5.41 Å². The maximum absolute atomic E-state index is 3.48. The molecule has 2 heteroatoms. The molecule has 0 radical (unpaired) electrons. The van der Waals surface area contributed by atoms with Crippen molar-refractivity contribution in [3.05, 3.63) is 0 Å². The maximum atomic E-state index is 3.48. The Hall–Kier alpha value is -0.0800. The highest BCUT2D eigenvalue weighted by atomic mass is 15.1. The van der Waals surface area contributed by atoms with Crippen LogP contribution >= 0.6 is 0 Å². The molecule has 0 aliphatic heterocycles. The molecule has 0 fully saturated rings. The molecule has 2 nitrogen and oxygen atoms in total. The van der Waals surface area contributed by atoms with Crippen LogP contribution in [0, 0.1) is 11.3 Å². The molecule has 0 rings (SSSR count). The molecule has 0 saturated carbocycles. The fourth-order valence-corrected chi connectivity index (χ4v) is 0.927. The summed E-state index contributed by atoms with van der Waals surface area (Å²) in [6.07, 6.45) is 0. The van der Waals surface area contributed by atoms with Gasteiger partial charge in [0.15, 0.2) is 0 Å². The van der Waals surface area contributed by atoms with Gasteiger partial charge in [0.25, 0.3) is 0 Å². The smallest absolute Gasteiger partial charge is 0.0101 e. The Morgan fingerprint density at radius 3 is 2.15 bits per heavy atom. The molecule has 0 heterocycles. The van der Waals surface area contributed by atoms with Crippen molar-refractivity contribution in [1.29, 1.82) is 0 Å². The zero-order valence-corrected chi connectivity index (χ0v) is 10.1. The van der Waals surface area contributed by atoms with Crippen LogP contribution in [-0.2, 0) is 0 Å². The molecule has 0 saturated heterocycles. The first-order chi connectivity index (χ1) is 5.84. The molecule has 0 amide bonds. The Bertz CT molecular complexity index is 125. The molecule has 1 N–H and O–H groups in total. The van der Waals surface area contributed by atoms with Crippen molar-refractivity contribution in [2.24, 2.45) is 11.3 Å². The van der Waals surface area contributed by atoms with Gasteiger partial charge in [-0.1, -0.05) is 27.7 Å². The fraction of sp³-hybridized carbons (Fsp3) is 1.00. The molecule has 0 aromatic heterocycles. The zero-order valence-electron chi connectivity index (χ0n) is 10.1. The summed E-state index contributed by atoms with van der Waals surface area (Å²) in [5.74, 6) is 0.731. The molecule has 80 valence electrons. The number of hydrogen-bond acceptors (Lipinski definition) is 2. The molecule has 1 atom stereocenters. The largest absolute Gasteiger partial charge is 0.315 e. The molecule has 1 unspecified atom stereocenters. The van der Waals surface area contributed by atoms with Crippen LogP contribution in [0.25, 0.3) is 0 Å². The average Bonchev–Trinajstić information content (AvgIpc) is 1.95. The monoisotopic (exact) mass is 186 g/mol.